The number of benzene rings is 1. The van der Waals surface area contributed by atoms with Crippen LogP contribution in [0.4, 0.5) is 5.69 Å². The molecular formula is C16H25ClN2O2. The Morgan fingerprint density at radius 1 is 1.24 bits per heavy atom. The number of amides is 1. The van der Waals surface area contributed by atoms with Crippen LogP contribution in [-0.4, -0.2) is 23.7 Å². The lowest BCUT2D eigenvalue weighted by molar-refractivity contribution is -0.117. The Morgan fingerprint density at radius 3 is 2.52 bits per heavy atom. The third-order valence-corrected chi connectivity index (χ3v) is 4.05. The molecule has 0 radical (unpaired) electrons. The zero-order chi connectivity index (χ0) is 14.4. The number of hydrogen-bond acceptors (Lipinski definition) is 3. The van der Waals surface area contributed by atoms with E-state index in [0.29, 0.717) is 18.8 Å². The van der Waals surface area contributed by atoms with Gasteiger partial charge in [0.15, 0.2) is 0 Å². The van der Waals surface area contributed by atoms with Gasteiger partial charge in [0.2, 0.25) is 5.91 Å². The standard InChI is InChI=1S/C16H24N2O2.ClH/c17-15-4-2-1-3-13(15)11-16(20)18-14-7-5-12(6-8-14)9-10-19;/h5-8,13,15,19H,1-4,9-11,17H2,(H,18,20);1H. The second-order valence-electron chi connectivity index (χ2n) is 5.63. The van der Waals surface area contributed by atoms with Crippen LogP contribution in [0.25, 0.3) is 0 Å². The quantitative estimate of drug-likeness (QED) is 0.782. The average Bonchev–Trinajstić information content (AvgIpc) is 2.44. The largest absolute Gasteiger partial charge is 0.396 e. The first-order chi connectivity index (χ1) is 9.69. The van der Waals surface area contributed by atoms with Crippen LogP contribution in [0.1, 0.15) is 37.7 Å². The van der Waals surface area contributed by atoms with E-state index >= 15 is 0 Å². The van der Waals surface area contributed by atoms with Crippen molar-refractivity contribution in [3.63, 3.8) is 0 Å². The molecular weight excluding hydrogens is 288 g/mol. The number of aliphatic hydroxyl groups is 1. The molecule has 2 atom stereocenters. The minimum Gasteiger partial charge on any atom is -0.396 e. The lowest BCUT2D eigenvalue weighted by Gasteiger charge is -2.27. The number of halogens is 1. The van der Waals surface area contributed by atoms with E-state index in [1.807, 2.05) is 24.3 Å². The van der Waals surface area contributed by atoms with Gasteiger partial charge in [-0.15, -0.1) is 12.4 Å². The van der Waals surface area contributed by atoms with E-state index in [0.717, 1.165) is 24.1 Å². The third-order valence-electron chi connectivity index (χ3n) is 4.05. The second-order valence-corrected chi connectivity index (χ2v) is 5.63. The van der Waals surface area contributed by atoms with Crippen molar-refractivity contribution in [1.29, 1.82) is 0 Å². The summed E-state index contributed by atoms with van der Waals surface area (Å²) in [5.41, 5.74) is 7.95. The lowest BCUT2D eigenvalue weighted by atomic mass is 9.83. The van der Waals surface area contributed by atoms with Gasteiger partial charge in [-0.05, 0) is 42.9 Å². The topological polar surface area (TPSA) is 75.4 Å². The predicted molar refractivity (Wildman–Crippen MR) is 87.7 cm³/mol. The number of nitrogens with two attached hydrogens (primary N) is 1. The maximum absolute atomic E-state index is 12.0. The molecule has 4 nitrogen and oxygen atoms in total. The molecule has 1 fully saturated rings. The summed E-state index contributed by atoms with van der Waals surface area (Å²) in [6, 6.07) is 7.78. The van der Waals surface area contributed by atoms with Crippen LogP contribution in [0.5, 0.6) is 0 Å². The minimum absolute atomic E-state index is 0. The number of aliphatic hydroxyl groups excluding tert-OH is 1. The number of nitrogens with one attached hydrogen (secondary N) is 1. The number of hydrogen-bond donors (Lipinski definition) is 3. The second kappa shape index (κ2) is 9.03. The SMILES string of the molecule is Cl.NC1CCCCC1CC(=O)Nc1ccc(CCO)cc1. The molecule has 1 aliphatic rings. The van der Waals surface area contributed by atoms with Gasteiger partial charge in [0.25, 0.3) is 0 Å². The summed E-state index contributed by atoms with van der Waals surface area (Å²) in [5.74, 6) is 0.361. The van der Waals surface area contributed by atoms with Crippen molar-refractivity contribution in [1.82, 2.24) is 0 Å². The van der Waals surface area contributed by atoms with Gasteiger partial charge in [-0.3, -0.25) is 4.79 Å². The van der Waals surface area contributed by atoms with E-state index in [1.54, 1.807) is 0 Å². The molecule has 4 N–H and O–H groups in total. The van der Waals surface area contributed by atoms with Crippen LogP contribution in [0.15, 0.2) is 24.3 Å². The first-order valence-electron chi connectivity index (χ1n) is 7.44. The highest BCUT2D eigenvalue weighted by atomic mass is 35.5. The monoisotopic (exact) mass is 312 g/mol. The molecule has 118 valence electrons. The van der Waals surface area contributed by atoms with E-state index < -0.39 is 0 Å². The molecule has 1 amide bonds. The highest BCUT2D eigenvalue weighted by Crippen LogP contribution is 2.26. The fourth-order valence-corrected chi connectivity index (χ4v) is 2.82. The molecule has 21 heavy (non-hydrogen) atoms. The molecule has 0 aliphatic heterocycles. The van der Waals surface area contributed by atoms with E-state index in [-0.39, 0.29) is 31.0 Å². The molecule has 0 aromatic heterocycles. The Hall–Kier alpha value is -1.10. The van der Waals surface area contributed by atoms with Gasteiger partial charge < -0.3 is 16.2 Å². The summed E-state index contributed by atoms with van der Waals surface area (Å²) >= 11 is 0. The number of rotatable bonds is 5. The number of carbonyl (C=O) groups excluding carboxylic acids is 1. The zero-order valence-corrected chi connectivity index (χ0v) is 13.1. The van der Waals surface area contributed by atoms with Crippen molar-refractivity contribution in [2.75, 3.05) is 11.9 Å². The Morgan fingerprint density at radius 2 is 1.90 bits per heavy atom. The molecule has 0 saturated heterocycles. The molecule has 0 bridgehead atoms. The molecule has 1 aromatic rings. The molecule has 5 heteroatoms. The fraction of sp³-hybridized carbons (Fsp3) is 0.562. The summed E-state index contributed by atoms with van der Waals surface area (Å²) < 4.78 is 0. The summed E-state index contributed by atoms with van der Waals surface area (Å²) in [6.07, 6.45) is 5.62. The van der Waals surface area contributed by atoms with Gasteiger partial charge in [0, 0.05) is 24.8 Å². The van der Waals surface area contributed by atoms with Gasteiger partial charge in [-0.1, -0.05) is 25.0 Å². The number of carbonyl (C=O) groups is 1. The lowest BCUT2D eigenvalue weighted by Crippen LogP contribution is -2.35. The van der Waals surface area contributed by atoms with Crippen LogP contribution >= 0.6 is 12.4 Å². The molecule has 1 saturated carbocycles. The minimum atomic E-state index is 0. The molecule has 1 aromatic carbocycles. The fourth-order valence-electron chi connectivity index (χ4n) is 2.82. The van der Waals surface area contributed by atoms with Crippen LogP contribution in [0.3, 0.4) is 0 Å². The average molecular weight is 313 g/mol. The van der Waals surface area contributed by atoms with Crippen LogP contribution in [0, 0.1) is 5.92 Å². The summed E-state index contributed by atoms with van der Waals surface area (Å²) in [7, 11) is 0. The summed E-state index contributed by atoms with van der Waals surface area (Å²) in [4.78, 5) is 12.0. The van der Waals surface area contributed by atoms with Crippen molar-refractivity contribution < 1.29 is 9.90 Å². The summed E-state index contributed by atoms with van der Waals surface area (Å²) in [5, 5.41) is 11.8. The normalized spacial score (nSPS) is 21.4. The smallest absolute Gasteiger partial charge is 0.224 e. The van der Waals surface area contributed by atoms with Crippen LogP contribution in [0.2, 0.25) is 0 Å². The van der Waals surface area contributed by atoms with Crippen molar-refractivity contribution in [3.8, 4) is 0 Å². The van der Waals surface area contributed by atoms with E-state index in [4.69, 9.17) is 10.8 Å². The van der Waals surface area contributed by atoms with E-state index in [2.05, 4.69) is 5.32 Å². The Kier molecular flexibility index (Phi) is 7.72. The van der Waals surface area contributed by atoms with Crippen molar-refractivity contribution in [2.24, 2.45) is 11.7 Å². The van der Waals surface area contributed by atoms with Crippen molar-refractivity contribution in [3.05, 3.63) is 29.8 Å². The Bertz CT molecular complexity index is 436. The van der Waals surface area contributed by atoms with Gasteiger partial charge in [0.05, 0.1) is 0 Å². The molecule has 0 spiro atoms. The van der Waals surface area contributed by atoms with Crippen molar-refractivity contribution in [2.45, 2.75) is 44.6 Å². The molecule has 2 rings (SSSR count). The molecule has 0 heterocycles. The zero-order valence-electron chi connectivity index (χ0n) is 12.3. The molecule has 1 aliphatic carbocycles. The van der Waals surface area contributed by atoms with Crippen LogP contribution in [-0.2, 0) is 11.2 Å². The Labute approximate surface area is 132 Å². The third kappa shape index (κ3) is 5.65. The first kappa shape index (κ1) is 18.0. The maximum atomic E-state index is 12.0. The highest BCUT2D eigenvalue weighted by molar-refractivity contribution is 5.90. The predicted octanol–water partition coefficient (Wildman–Crippen LogP) is 2.49. The molecule has 2 unspecified atom stereocenters. The highest BCUT2D eigenvalue weighted by Gasteiger charge is 2.24. The van der Waals surface area contributed by atoms with E-state index in [9.17, 15) is 4.79 Å². The number of anilines is 1. The van der Waals surface area contributed by atoms with Gasteiger partial charge in [-0.2, -0.15) is 0 Å². The summed E-state index contributed by atoms with van der Waals surface area (Å²) in [6.45, 7) is 0.144. The maximum Gasteiger partial charge on any atom is 0.224 e. The van der Waals surface area contributed by atoms with Crippen molar-refractivity contribution >= 4 is 24.0 Å². The van der Waals surface area contributed by atoms with Gasteiger partial charge >= 0.3 is 0 Å². The Balaban J connectivity index is 0.00000220. The van der Waals surface area contributed by atoms with E-state index in [1.165, 1.54) is 12.8 Å². The van der Waals surface area contributed by atoms with Gasteiger partial charge in [0.1, 0.15) is 0 Å². The van der Waals surface area contributed by atoms with Crippen LogP contribution < -0.4 is 11.1 Å². The first-order valence-corrected chi connectivity index (χ1v) is 7.44. The van der Waals surface area contributed by atoms with Gasteiger partial charge in [-0.25, -0.2) is 0 Å².